The molecule has 1 unspecified atom stereocenters. The predicted octanol–water partition coefficient (Wildman–Crippen LogP) is 2.04. The summed E-state index contributed by atoms with van der Waals surface area (Å²) in [5, 5.41) is 6.50. The number of alkyl halides is 2. The zero-order chi connectivity index (χ0) is 21.5. The Morgan fingerprint density at radius 2 is 1.87 bits per heavy atom. The molecule has 0 aliphatic carbocycles. The highest BCUT2D eigenvalue weighted by Gasteiger charge is 2.24. The normalized spacial score (nSPS) is 18.0. The van der Waals surface area contributed by atoms with Crippen molar-refractivity contribution in [3.8, 4) is 17.2 Å². The number of rotatable bonds is 8. The van der Waals surface area contributed by atoms with Crippen LogP contribution < -0.4 is 24.8 Å². The first-order valence-electron chi connectivity index (χ1n) is 10.1. The molecule has 0 spiro atoms. The molecule has 1 aromatic carbocycles. The van der Waals surface area contributed by atoms with Crippen molar-refractivity contribution in [1.82, 2.24) is 15.5 Å². The first-order chi connectivity index (χ1) is 14.5. The molecule has 0 bridgehead atoms. The molecule has 10 heteroatoms. The standard InChI is InChI=1S/C20H30F2N4O4/c1-13(2)15(26-4-6-27-7-5-26)11-25-20(23-3)24-10-14-8-17-18(29-12-28-17)9-16(14)30-19(21)22/h8-9,13,15,19H,4-7,10-12H2,1-3H3,(H2,23,24,25). The number of ether oxygens (including phenoxy) is 4. The minimum Gasteiger partial charge on any atom is -0.454 e. The highest BCUT2D eigenvalue weighted by Crippen LogP contribution is 2.38. The molecule has 1 saturated heterocycles. The maximum Gasteiger partial charge on any atom is 0.387 e. The molecule has 1 fully saturated rings. The number of halogens is 2. The summed E-state index contributed by atoms with van der Waals surface area (Å²) in [5.74, 6) is 1.97. The highest BCUT2D eigenvalue weighted by atomic mass is 19.3. The topological polar surface area (TPSA) is 76.6 Å². The van der Waals surface area contributed by atoms with E-state index in [4.69, 9.17) is 14.2 Å². The van der Waals surface area contributed by atoms with Gasteiger partial charge in [-0.05, 0) is 12.0 Å². The molecule has 168 valence electrons. The lowest BCUT2D eigenvalue weighted by atomic mass is 10.0. The SMILES string of the molecule is CN=C(NCc1cc2c(cc1OC(F)F)OCO2)NCC(C(C)C)N1CCOCC1. The van der Waals surface area contributed by atoms with Crippen molar-refractivity contribution < 1.29 is 27.7 Å². The number of fused-ring (bicyclic) bond motifs is 1. The first-order valence-corrected chi connectivity index (χ1v) is 10.1. The van der Waals surface area contributed by atoms with Crippen molar-refractivity contribution >= 4 is 5.96 Å². The molecule has 30 heavy (non-hydrogen) atoms. The third-order valence-electron chi connectivity index (χ3n) is 5.20. The van der Waals surface area contributed by atoms with Crippen LogP contribution in [0.3, 0.4) is 0 Å². The van der Waals surface area contributed by atoms with Gasteiger partial charge < -0.3 is 29.6 Å². The van der Waals surface area contributed by atoms with E-state index in [0.717, 1.165) is 26.3 Å². The molecule has 2 heterocycles. The smallest absolute Gasteiger partial charge is 0.387 e. The Bertz CT molecular complexity index is 727. The lowest BCUT2D eigenvalue weighted by Crippen LogP contribution is -2.52. The fourth-order valence-corrected chi connectivity index (χ4v) is 3.61. The van der Waals surface area contributed by atoms with Crippen LogP contribution in [0.25, 0.3) is 0 Å². The second-order valence-electron chi connectivity index (χ2n) is 7.46. The Morgan fingerprint density at radius 3 is 2.50 bits per heavy atom. The van der Waals surface area contributed by atoms with Crippen LogP contribution in [0.5, 0.6) is 17.2 Å². The summed E-state index contributed by atoms with van der Waals surface area (Å²) in [4.78, 5) is 6.67. The van der Waals surface area contributed by atoms with Gasteiger partial charge in [-0.1, -0.05) is 13.8 Å². The van der Waals surface area contributed by atoms with Gasteiger partial charge in [0, 0.05) is 50.9 Å². The summed E-state index contributed by atoms with van der Waals surface area (Å²) in [6.07, 6.45) is 0. The van der Waals surface area contributed by atoms with Crippen LogP contribution in [-0.4, -0.2) is 70.2 Å². The average molecular weight is 428 g/mol. The molecular weight excluding hydrogens is 398 g/mol. The van der Waals surface area contributed by atoms with Crippen molar-refractivity contribution in [1.29, 1.82) is 0 Å². The molecule has 0 aromatic heterocycles. The number of guanidine groups is 1. The van der Waals surface area contributed by atoms with Gasteiger partial charge in [0.15, 0.2) is 17.5 Å². The molecule has 8 nitrogen and oxygen atoms in total. The van der Waals surface area contributed by atoms with Crippen LogP contribution in [0.15, 0.2) is 17.1 Å². The van der Waals surface area contributed by atoms with E-state index in [2.05, 4.69) is 39.1 Å². The van der Waals surface area contributed by atoms with Crippen LogP contribution in [0.4, 0.5) is 8.78 Å². The third kappa shape index (κ3) is 5.85. The Balaban J connectivity index is 1.61. The summed E-state index contributed by atoms with van der Waals surface area (Å²) in [5.41, 5.74) is 0.524. The number of nitrogens with zero attached hydrogens (tertiary/aromatic N) is 2. The van der Waals surface area contributed by atoms with Gasteiger partial charge in [0.2, 0.25) is 6.79 Å². The Kier molecular flexibility index (Phi) is 7.92. The van der Waals surface area contributed by atoms with E-state index in [9.17, 15) is 8.78 Å². The molecule has 0 radical (unpaired) electrons. The molecule has 3 rings (SSSR count). The van der Waals surface area contributed by atoms with Gasteiger partial charge in [0.1, 0.15) is 5.75 Å². The number of benzene rings is 1. The van der Waals surface area contributed by atoms with Crippen LogP contribution in [0, 0.1) is 5.92 Å². The van der Waals surface area contributed by atoms with Gasteiger partial charge in [0.05, 0.1) is 13.2 Å². The van der Waals surface area contributed by atoms with Crippen LogP contribution in [-0.2, 0) is 11.3 Å². The summed E-state index contributed by atoms with van der Waals surface area (Å²) >= 11 is 0. The van der Waals surface area contributed by atoms with Crippen molar-refractivity contribution in [2.75, 3.05) is 46.7 Å². The zero-order valence-electron chi connectivity index (χ0n) is 17.6. The molecular formula is C20H30F2N4O4. The molecule has 0 amide bonds. The van der Waals surface area contributed by atoms with E-state index in [-0.39, 0.29) is 19.1 Å². The summed E-state index contributed by atoms with van der Waals surface area (Å²) in [6.45, 7) is 5.76. The lowest BCUT2D eigenvalue weighted by molar-refractivity contribution is -0.0505. The van der Waals surface area contributed by atoms with Crippen molar-refractivity contribution in [3.63, 3.8) is 0 Å². The number of hydrogen-bond acceptors (Lipinski definition) is 6. The molecule has 1 atom stereocenters. The van der Waals surface area contributed by atoms with Crippen molar-refractivity contribution in [2.45, 2.75) is 33.0 Å². The molecule has 0 saturated carbocycles. The van der Waals surface area contributed by atoms with E-state index in [1.165, 1.54) is 6.07 Å². The summed E-state index contributed by atoms with van der Waals surface area (Å²) in [7, 11) is 1.67. The van der Waals surface area contributed by atoms with Gasteiger partial charge in [0.25, 0.3) is 0 Å². The van der Waals surface area contributed by atoms with E-state index in [1.807, 2.05) is 0 Å². The van der Waals surface area contributed by atoms with Gasteiger partial charge in [-0.2, -0.15) is 8.78 Å². The number of nitrogens with one attached hydrogen (secondary N) is 2. The first kappa shape index (κ1) is 22.4. The number of hydrogen-bond donors (Lipinski definition) is 2. The van der Waals surface area contributed by atoms with E-state index in [0.29, 0.717) is 41.5 Å². The van der Waals surface area contributed by atoms with E-state index in [1.54, 1.807) is 13.1 Å². The quantitative estimate of drug-likeness (QED) is 0.485. The number of morpholine rings is 1. The fourth-order valence-electron chi connectivity index (χ4n) is 3.61. The monoisotopic (exact) mass is 428 g/mol. The van der Waals surface area contributed by atoms with E-state index >= 15 is 0 Å². The van der Waals surface area contributed by atoms with Gasteiger partial charge >= 0.3 is 6.61 Å². The Labute approximate surface area is 175 Å². The average Bonchev–Trinajstić information content (AvgIpc) is 3.17. The van der Waals surface area contributed by atoms with Crippen LogP contribution in [0.2, 0.25) is 0 Å². The number of aliphatic imine (C=N–C) groups is 1. The maximum absolute atomic E-state index is 12.8. The lowest BCUT2D eigenvalue weighted by Gasteiger charge is -2.37. The van der Waals surface area contributed by atoms with Crippen LogP contribution in [0.1, 0.15) is 19.4 Å². The fraction of sp³-hybridized carbons (Fsp3) is 0.650. The van der Waals surface area contributed by atoms with Crippen molar-refractivity contribution in [2.24, 2.45) is 10.9 Å². The van der Waals surface area contributed by atoms with Gasteiger partial charge in [-0.15, -0.1) is 0 Å². The molecule has 2 aliphatic rings. The minimum absolute atomic E-state index is 0.0468. The predicted molar refractivity (Wildman–Crippen MR) is 108 cm³/mol. The highest BCUT2D eigenvalue weighted by molar-refractivity contribution is 5.79. The molecule has 2 aliphatic heterocycles. The van der Waals surface area contributed by atoms with E-state index < -0.39 is 6.61 Å². The zero-order valence-corrected chi connectivity index (χ0v) is 17.6. The summed E-state index contributed by atoms with van der Waals surface area (Å²) < 4.78 is 46.3. The largest absolute Gasteiger partial charge is 0.454 e. The maximum atomic E-state index is 12.8. The molecule has 1 aromatic rings. The minimum atomic E-state index is -2.93. The second kappa shape index (κ2) is 10.6. The summed E-state index contributed by atoms with van der Waals surface area (Å²) in [6, 6.07) is 3.40. The third-order valence-corrected chi connectivity index (χ3v) is 5.20. The van der Waals surface area contributed by atoms with Gasteiger partial charge in [-0.25, -0.2) is 0 Å². The Hall–Kier alpha value is -2.33. The Morgan fingerprint density at radius 1 is 1.17 bits per heavy atom. The second-order valence-corrected chi connectivity index (χ2v) is 7.46. The van der Waals surface area contributed by atoms with Gasteiger partial charge in [-0.3, -0.25) is 9.89 Å². The van der Waals surface area contributed by atoms with Crippen LogP contribution >= 0.6 is 0 Å². The molecule has 2 N–H and O–H groups in total. The van der Waals surface area contributed by atoms with Crippen molar-refractivity contribution in [3.05, 3.63) is 17.7 Å².